The number of fused-ring (bicyclic) bond motifs is 1. The number of thiophene rings is 1. The summed E-state index contributed by atoms with van der Waals surface area (Å²) in [5, 5.41) is 8.98. The van der Waals surface area contributed by atoms with Crippen LogP contribution in [0.25, 0.3) is 0 Å². The van der Waals surface area contributed by atoms with Crippen molar-refractivity contribution < 1.29 is 18.3 Å². The van der Waals surface area contributed by atoms with Crippen molar-refractivity contribution in [2.75, 3.05) is 0 Å². The molecule has 1 N–H and O–H groups in total. The molecule has 0 spiro atoms. The van der Waals surface area contributed by atoms with E-state index in [1.165, 1.54) is 21.8 Å². The molecule has 1 heterocycles. The van der Waals surface area contributed by atoms with E-state index in [1.54, 1.807) is 0 Å². The van der Waals surface area contributed by atoms with E-state index in [0.717, 1.165) is 25.7 Å². The van der Waals surface area contributed by atoms with Crippen LogP contribution in [0.4, 0.5) is 13.2 Å². The molecule has 1 nitrogen and oxygen atoms in total. The number of aliphatic hydroxyl groups is 1. The average molecular weight is 250 g/mol. The van der Waals surface area contributed by atoms with Crippen molar-refractivity contribution in [3.05, 3.63) is 21.4 Å². The van der Waals surface area contributed by atoms with E-state index >= 15 is 0 Å². The molecule has 1 unspecified atom stereocenters. The van der Waals surface area contributed by atoms with Crippen molar-refractivity contribution in [1.82, 2.24) is 0 Å². The lowest BCUT2D eigenvalue weighted by Gasteiger charge is -2.12. The summed E-state index contributed by atoms with van der Waals surface area (Å²) in [6.45, 7) is 0. The molecule has 90 valence electrons. The van der Waals surface area contributed by atoms with Crippen molar-refractivity contribution in [3.63, 3.8) is 0 Å². The van der Waals surface area contributed by atoms with Crippen LogP contribution in [-0.2, 0) is 19.3 Å². The van der Waals surface area contributed by atoms with Gasteiger partial charge in [0.15, 0.2) is 6.10 Å². The predicted molar refractivity (Wildman–Crippen MR) is 56.7 cm³/mol. The smallest absolute Gasteiger partial charge is 0.383 e. The minimum Gasteiger partial charge on any atom is -0.383 e. The monoisotopic (exact) mass is 250 g/mol. The van der Waals surface area contributed by atoms with Crippen molar-refractivity contribution in [1.29, 1.82) is 0 Å². The first-order valence-corrected chi connectivity index (χ1v) is 6.13. The van der Waals surface area contributed by atoms with Crippen molar-refractivity contribution in [2.24, 2.45) is 0 Å². The van der Waals surface area contributed by atoms with Gasteiger partial charge in [0.1, 0.15) is 0 Å². The molecular weight excluding hydrogens is 237 g/mol. The maximum absolute atomic E-state index is 12.2. The van der Waals surface area contributed by atoms with Gasteiger partial charge < -0.3 is 5.11 Å². The van der Waals surface area contributed by atoms with Gasteiger partial charge in [0, 0.05) is 16.2 Å². The van der Waals surface area contributed by atoms with Gasteiger partial charge in [-0.2, -0.15) is 13.2 Å². The zero-order chi connectivity index (χ0) is 11.8. The Morgan fingerprint density at radius 1 is 1.31 bits per heavy atom. The summed E-state index contributed by atoms with van der Waals surface area (Å²) >= 11 is 1.42. The quantitative estimate of drug-likeness (QED) is 0.855. The molecule has 2 rings (SSSR count). The van der Waals surface area contributed by atoms with E-state index < -0.39 is 12.3 Å². The Morgan fingerprint density at radius 3 is 2.62 bits per heavy atom. The minimum absolute atomic E-state index is 0.304. The summed E-state index contributed by atoms with van der Waals surface area (Å²) in [4.78, 5) is 1.85. The van der Waals surface area contributed by atoms with Crippen LogP contribution in [0.3, 0.4) is 0 Å². The van der Waals surface area contributed by atoms with Gasteiger partial charge in [0.25, 0.3) is 0 Å². The van der Waals surface area contributed by atoms with Crippen LogP contribution in [0, 0.1) is 0 Å². The Labute approximate surface area is 95.9 Å². The molecule has 0 aliphatic heterocycles. The van der Waals surface area contributed by atoms with Crippen LogP contribution in [-0.4, -0.2) is 17.4 Å². The molecule has 16 heavy (non-hydrogen) atoms. The van der Waals surface area contributed by atoms with Crippen LogP contribution in [0.2, 0.25) is 0 Å². The summed E-state index contributed by atoms with van der Waals surface area (Å²) < 4.78 is 36.5. The highest BCUT2D eigenvalue weighted by atomic mass is 32.1. The number of alkyl halides is 3. The second kappa shape index (κ2) is 4.37. The Kier molecular flexibility index (Phi) is 3.26. The molecule has 0 saturated heterocycles. The number of aliphatic hydroxyl groups excluding tert-OH is 1. The van der Waals surface area contributed by atoms with Crippen LogP contribution in [0.1, 0.15) is 28.2 Å². The molecule has 0 bridgehead atoms. The highest BCUT2D eigenvalue weighted by Gasteiger charge is 2.38. The maximum atomic E-state index is 12.2. The zero-order valence-corrected chi connectivity index (χ0v) is 9.50. The fourth-order valence-electron chi connectivity index (χ4n) is 1.96. The molecule has 1 aliphatic rings. The van der Waals surface area contributed by atoms with Crippen molar-refractivity contribution in [3.8, 4) is 0 Å². The van der Waals surface area contributed by atoms with E-state index in [9.17, 15) is 13.2 Å². The van der Waals surface area contributed by atoms with Crippen molar-refractivity contribution in [2.45, 2.75) is 44.4 Å². The van der Waals surface area contributed by atoms with Gasteiger partial charge in [-0.05, 0) is 37.3 Å². The number of hydrogen-bond donors (Lipinski definition) is 1. The molecule has 1 atom stereocenters. The molecule has 0 amide bonds. The number of halogens is 3. The summed E-state index contributed by atoms with van der Waals surface area (Å²) in [7, 11) is 0. The van der Waals surface area contributed by atoms with Gasteiger partial charge in [-0.3, -0.25) is 0 Å². The van der Waals surface area contributed by atoms with Crippen LogP contribution in [0.5, 0.6) is 0 Å². The second-order valence-corrected chi connectivity index (χ2v) is 5.35. The lowest BCUT2D eigenvalue weighted by molar-refractivity contribution is -0.202. The van der Waals surface area contributed by atoms with E-state index in [4.69, 9.17) is 5.11 Å². The molecular formula is C11H13F3OS. The molecule has 1 aromatic rings. The van der Waals surface area contributed by atoms with Crippen LogP contribution >= 0.6 is 11.3 Å². The predicted octanol–water partition coefficient (Wildman–Crippen LogP) is 3.09. The first-order valence-electron chi connectivity index (χ1n) is 5.32. The van der Waals surface area contributed by atoms with Gasteiger partial charge in [0.2, 0.25) is 0 Å². The topological polar surface area (TPSA) is 20.2 Å². The molecule has 5 heteroatoms. The third kappa shape index (κ3) is 2.58. The molecule has 0 radical (unpaired) electrons. The third-order valence-corrected chi connectivity index (χ3v) is 4.08. The second-order valence-electron chi connectivity index (χ2n) is 4.13. The van der Waals surface area contributed by atoms with Crippen LogP contribution in [0.15, 0.2) is 6.07 Å². The summed E-state index contributed by atoms with van der Waals surface area (Å²) in [6, 6.07) is 1.83. The maximum Gasteiger partial charge on any atom is 0.414 e. The minimum atomic E-state index is -4.51. The number of hydrogen-bond acceptors (Lipinski definition) is 2. The summed E-state index contributed by atoms with van der Waals surface area (Å²) in [5.41, 5.74) is 1.18. The highest BCUT2D eigenvalue weighted by molar-refractivity contribution is 7.12. The van der Waals surface area contributed by atoms with Gasteiger partial charge in [-0.15, -0.1) is 11.3 Å². The number of aryl methyl sites for hydroxylation is 2. The van der Waals surface area contributed by atoms with E-state index in [1.807, 2.05) is 6.07 Å². The molecule has 0 aromatic carbocycles. The lowest BCUT2D eigenvalue weighted by Crippen LogP contribution is -2.30. The van der Waals surface area contributed by atoms with Gasteiger partial charge in [-0.25, -0.2) is 0 Å². The Morgan fingerprint density at radius 2 is 2.00 bits per heavy atom. The normalized spacial score (nSPS) is 18.2. The van der Waals surface area contributed by atoms with Gasteiger partial charge >= 0.3 is 6.18 Å². The molecule has 1 aliphatic carbocycles. The fraction of sp³-hybridized carbons (Fsp3) is 0.636. The zero-order valence-electron chi connectivity index (χ0n) is 8.68. The lowest BCUT2D eigenvalue weighted by atomic mass is 9.99. The molecule has 0 fully saturated rings. The SMILES string of the molecule is OC(Cc1cc2c(s1)CCCC2)C(F)(F)F. The third-order valence-electron chi connectivity index (χ3n) is 2.82. The van der Waals surface area contributed by atoms with E-state index in [-0.39, 0.29) is 6.42 Å². The fourth-order valence-corrected chi connectivity index (χ4v) is 3.26. The Bertz CT molecular complexity index is 346. The average Bonchev–Trinajstić information content (AvgIpc) is 2.58. The van der Waals surface area contributed by atoms with E-state index in [0.29, 0.717) is 4.88 Å². The van der Waals surface area contributed by atoms with Gasteiger partial charge in [0.05, 0.1) is 0 Å². The van der Waals surface area contributed by atoms with Crippen molar-refractivity contribution >= 4 is 11.3 Å². The highest BCUT2D eigenvalue weighted by Crippen LogP contribution is 2.32. The largest absolute Gasteiger partial charge is 0.414 e. The standard InChI is InChI=1S/C11H13F3OS/c12-11(13,14)10(15)6-8-5-7-3-1-2-4-9(7)16-8/h5,10,15H,1-4,6H2. The van der Waals surface area contributed by atoms with Crippen LogP contribution < -0.4 is 0 Å². The Balaban J connectivity index is 2.08. The first kappa shape index (κ1) is 11.9. The van der Waals surface area contributed by atoms with Gasteiger partial charge in [-0.1, -0.05) is 0 Å². The first-order chi connectivity index (χ1) is 7.47. The van der Waals surface area contributed by atoms with E-state index in [2.05, 4.69) is 0 Å². The molecule has 1 aromatic heterocycles. The number of rotatable bonds is 2. The Hall–Kier alpha value is -0.550. The summed E-state index contributed by atoms with van der Waals surface area (Å²) in [5.74, 6) is 0. The summed E-state index contributed by atoms with van der Waals surface area (Å²) in [6.07, 6.45) is -2.87. The molecule has 0 saturated carbocycles.